The van der Waals surface area contributed by atoms with Gasteiger partial charge in [0.1, 0.15) is 5.69 Å². The molecular weight excluding hydrogens is 292 g/mol. The molecule has 1 saturated heterocycles. The van der Waals surface area contributed by atoms with E-state index in [1.807, 2.05) is 53.0 Å². The fourth-order valence-electron chi connectivity index (χ4n) is 3.25. The molecule has 1 aliphatic rings. The number of carbonyl (C=O) groups excluding carboxylic acids is 1. The number of carbonyl (C=O) groups is 1. The summed E-state index contributed by atoms with van der Waals surface area (Å²) in [6, 6.07) is 9.73. The second-order valence-electron chi connectivity index (χ2n) is 5.78. The minimum absolute atomic E-state index is 0.0785. The van der Waals surface area contributed by atoms with Gasteiger partial charge in [0.2, 0.25) is 0 Å². The highest BCUT2D eigenvalue weighted by atomic mass is 16.5. The van der Waals surface area contributed by atoms with Crippen molar-refractivity contribution >= 4 is 5.91 Å². The Labute approximate surface area is 136 Å². The molecule has 2 aromatic rings. The molecule has 0 bridgehead atoms. The number of benzene rings is 1. The summed E-state index contributed by atoms with van der Waals surface area (Å²) in [7, 11) is 5.15. The highest BCUT2D eigenvalue weighted by molar-refractivity contribution is 5.93. The summed E-state index contributed by atoms with van der Waals surface area (Å²) in [6.07, 6.45) is 3.87. The van der Waals surface area contributed by atoms with Crippen molar-refractivity contribution in [2.75, 3.05) is 20.8 Å². The minimum Gasteiger partial charge on any atom is -0.493 e. The smallest absolute Gasteiger partial charge is 0.270 e. The number of likely N-dealkylation sites (tertiary alicyclic amines) is 1. The van der Waals surface area contributed by atoms with Crippen LogP contribution in [0.2, 0.25) is 0 Å². The van der Waals surface area contributed by atoms with Gasteiger partial charge in [-0.15, -0.1) is 0 Å². The fourth-order valence-corrected chi connectivity index (χ4v) is 3.25. The highest BCUT2D eigenvalue weighted by Gasteiger charge is 2.32. The highest BCUT2D eigenvalue weighted by Crippen LogP contribution is 2.37. The molecule has 5 heteroatoms. The van der Waals surface area contributed by atoms with Crippen LogP contribution in [0.4, 0.5) is 0 Å². The molecule has 0 aliphatic carbocycles. The molecule has 2 heterocycles. The van der Waals surface area contributed by atoms with Gasteiger partial charge in [0.25, 0.3) is 5.91 Å². The lowest BCUT2D eigenvalue weighted by Crippen LogP contribution is -2.31. The van der Waals surface area contributed by atoms with Crippen LogP contribution in [0.25, 0.3) is 0 Å². The van der Waals surface area contributed by atoms with E-state index in [4.69, 9.17) is 9.47 Å². The van der Waals surface area contributed by atoms with Crippen LogP contribution < -0.4 is 9.47 Å². The Kier molecular flexibility index (Phi) is 4.28. The Bertz CT molecular complexity index is 708. The van der Waals surface area contributed by atoms with Gasteiger partial charge in [-0.25, -0.2) is 0 Å². The average Bonchev–Trinajstić information content (AvgIpc) is 3.22. The number of hydrogen-bond acceptors (Lipinski definition) is 3. The normalized spacial score (nSPS) is 17.3. The number of aromatic nitrogens is 1. The molecule has 1 aromatic carbocycles. The van der Waals surface area contributed by atoms with Gasteiger partial charge >= 0.3 is 0 Å². The first kappa shape index (κ1) is 15.5. The summed E-state index contributed by atoms with van der Waals surface area (Å²) in [4.78, 5) is 14.8. The van der Waals surface area contributed by atoms with Crippen molar-refractivity contribution in [1.82, 2.24) is 9.47 Å². The van der Waals surface area contributed by atoms with Crippen molar-refractivity contribution in [3.05, 3.63) is 47.8 Å². The Morgan fingerprint density at radius 1 is 1.17 bits per heavy atom. The lowest BCUT2D eigenvalue weighted by molar-refractivity contribution is 0.0726. The summed E-state index contributed by atoms with van der Waals surface area (Å²) in [5, 5.41) is 0. The van der Waals surface area contributed by atoms with Crippen molar-refractivity contribution < 1.29 is 14.3 Å². The molecule has 122 valence electrons. The largest absolute Gasteiger partial charge is 0.493 e. The van der Waals surface area contributed by atoms with Gasteiger partial charge in [-0.1, -0.05) is 6.07 Å². The number of amides is 1. The molecule has 0 spiro atoms. The summed E-state index contributed by atoms with van der Waals surface area (Å²) in [5.41, 5.74) is 1.81. The van der Waals surface area contributed by atoms with Crippen molar-refractivity contribution in [3.63, 3.8) is 0 Å². The maximum Gasteiger partial charge on any atom is 0.270 e. The lowest BCUT2D eigenvalue weighted by atomic mass is 10.0. The van der Waals surface area contributed by atoms with Gasteiger partial charge in [-0.2, -0.15) is 0 Å². The van der Waals surface area contributed by atoms with E-state index in [9.17, 15) is 4.79 Å². The number of ether oxygens (including phenoxy) is 2. The number of rotatable bonds is 4. The third-order valence-corrected chi connectivity index (χ3v) is 4.47. The van der Waals surface area contributed by atoms with Gasteiger partial charge < -0.3 is 18.9 Å². The molecule has 3 rings (SSSR count). The molecule has 1 aliphatic heterocycles. The third kappa shape index (κ3) is 2.79. The summed E-state index contributed by atoms with van der Waals surface area (Å²) in [5.74, 6) is 1.48. The number of hydrogen-bond donors (Lipinski definition) is 0. The summed E-state index contributed by atoms with van der Waals surface area (Å²) >= 11 is 0. The van der Waals surface area contributed by atoms with Gasteiger partial charge in [0, 0.05) is 19.8 Å². The van der Waals surface area contributed by atoms with Crippen molar-refractivity contribution in [2.45, 2.75) is 18.9 Å². The Hall–Kier alpha value is -2.43. The summed E-state index contributed by atoms with van der Waals surface area (Å²) in [6.45, 7) is 0.781. The summed E-state index contributed by atoms with van der Waals surface area (Å²) < 4.78 is 12.6. The molecular formula is C18H22N2O3. The first-order valence-corrected chi connectivity index (χ1v) is 7.80. The molecule has 0 N–H and O–H groups in total. The van der Waals surface area contributed by atoms with E-state index in [0.717, 1.165) is 30.6 Å². The topological polar surface area (TPSA) is 43.7 Å². The molecule has 0 radical (unpaired) electrons. The van der Waals surface area contributed by atoms with E-state index in [2.05, 4.69) is 0 Å². The SMILES string of the molecule is COc1ccc(C2CCCN2C(=O)c2cccn2C)cc1OC. The number of aryl methyl sites for hydroxylation is 1. The average molecular weight is 314 g/mol. The zero-order valence-electron chi connectivity index (χ0n) is 13.8. The van der Waals surface area contributed by atoms with Crippen molar-refractivity contribution in [2.24, 2.45) is 7.05 Å². The van der Waals surface area contributed by atoms with E-state index >= 15 is 0 Å². The Morgan fingerprint density at radius 2 is 1.96 bits per heavy atom. The second kappa shape index (κ2) is 6.36. The molecule has 1 atom stereocenters. The van der Waals surface area contributed by atoms with Crippen molar-refractivity contribution in [3.8, 4) is 11.5 Å². The first-order valence-electron chi connectivity index (χ1n) is 7.80. The van der Waals surface area contributed by atoms with Crippen LogP contribution in [0.3, 0.4) is 0 Å². The number of methoxy groups -OCH3 is 2. The third-order valence-electron chi connectivity index (χ3n) is 4.47. The maximum absolute atomic E-state index is 12.8. The molecule has 1 fully saturated rings. The molecule has 0 saturated carbocycles. The quantitative estimate of drug-likeness (QED) is 0.871. The molecule has 23 heavy (non-hydrogen) atoms. The van der Waals surface area contributed by atoms with E-state index < -0.39 is 0 Å². The predicted octanol–water partition coefficient (Wildman–Crippen LogP) is 3.02. The standard InChI is InChI=1S/C18H22N2O3/c1-19-10-4-7-15(19)18(21)20-11-5-6-14(20)13-8-9-16(22-2)17(12-13)23-3/h4,7-10,12,14H,5-6,11H2,1-3H3. The van der Waals surface area contributed by atoms with Crippen LogP contribution >= 0.6 is 0 Å². The lowest BCUT2D eigenvalue weighted by Gasteiger charge is -2.26. The van der Waals surface area contributed by atoms with Crippen molar-refractivity contribution in [1.29, 1.82) is 0 Å². The van der Waals surface area contributed by atoms with E-state index in [1.54, 1.807) is 14.2 Å². The van der Waals surface area contributed by atoms with Crippen LogP contribution in [-0.2, 0) is 7.05 Å². The van der Waals surface area contributed by atoms with Gasteiger partial charge in [-0.05, 0) is 42.7 Å². The fraction of sp³-hybridized carbons (Fsp3) is 0.389. The van der Waals surface area contributed by atoms with Crippen LogP contribution in [-0.4, -0.2) is 36.1 Å². The zero-order valence-corrected chi connectivity index (χ0v) is 13.8. The predicted molar refractivity (Wildman–Crippen MR) is 88.0 cm³/mol. The monoisotopic (exact) mass is 314 g/mol. The van der Waals surface area contributed by atoms with Crippen LogP contribution in [0.15, 0.2) is 36.5 Å². The van der Waals surface area contributed by atoms with E-state index in [-0.39, 0.29) is 11.9 Å². The Balaban J connectivity index is 1.90. The van der Waals surface area contributed by atoms with Crippen LogP contribution in [0.5, 0.6) is 11.5 Å². The van der Waals surface area contributed by atoms with Gasteiger partial charge in [-0.3, -0.25) is 4.79 Å². The number of nitrogens with zero attached hydrogens (tertiary/aromatic N) is 2. The second-order valence-corrected chi connectivity index (χ2v) is 5.78. The maximum atomic E-state index is 12.8. The molecule has 1 aromatic heterocycles. The van der Waals surface area contributed by atoms with Crippen LogP contribution in [0.1, 0.15) is 34.9 Å². The van der Waals surface area contributed by atoms with Gasteiger partial charge in [0.05, 0.1) is 20.3 Å². The Morgan fingerprint density at radius 3 is 2.61 bits per heavy atom. The zero-order chi connectivity index (χ0) is 16.4. The minimum atomic E-state index is 0.0785. The van der Waals surface area contributed by atoms with Crippen LogP contribution in [0, 0.1) is 0 Å². The van der Waals surface area contributed by atoms with E-state index in [1.165, 1.54) is 0 Å². The van der Waals surface area contributed by atoms with Gasteiger partial charge in [0.15, 0.2) is 11.5 Å². The first-order chi connectivity index (χ1) is 11.2. The molecule has 5 nitrogen and oxygen atoms in total. The molecule has 1 unspecified atom stereocenters. The van der Waals surface area contributed by atoms with E-state index in [0.29, 0.717) is 11.5 Å². The molecule has 1 amide bonds.